The highest BCUT2D eigenvalue weighted by molar-refractivity contribution is 8.00. The molecule has 8 heteroatoms. The third-order valence-electron chi connectivity index (χ3n) is 3.24. The number of carbonyl (C=O) groups is 1. The van der Waals surface area contributed by atoms with E-state index in [0.717, 1.165) is 22.9 Å². The lowest BCUT2D eigenvalue weighted by Crippen LogP contribution is -2.30. The Kier molecular flexibility index (Phi) is 4.99. The SMILES string of the molecule is CCc1cnc(CSc2cnc(NC(=O)NCC3CC3)s2)o1. The van der Waals surface area contributed by atoms with E-state index in [2.05, 4.69) is 20.6 Å². The first-order chi connectivity index (χ1) is 10.7. The van der Waals surface area contributed by atoms with Gasteiger partial charge in [-0.2, -0.15) is 0 Å². The minimum absolute atomic E-state index is 0.182. The Balaban J connectivity index is 1.44. The molecular formula is C14H18N4O2S2. The van der Waals surface area contributed by atoms with Crippen LogP contribution in [0.25, 0.3) is 0 Å². The summed E-state index contributed by atoms with van der Waals surface area (Å²) in [7, 11) is 0. The molecule has 1 saturated carbocycles. The van der Waals surface area contributed by atoms with Crippen LogP contribution in [0.4, 0.5) is 9.93 Å². The third kappa shape index (κ3) is 4.48. The molecule has 0 saturated heterocycles. The van der Waals surface area contributed by atoms with E-state index in [1.165, 1.54) is 24.2 Å². The lowest BCUT2D eigenvalue weighted by molar-refractivity contribution is 0.251. The fraction of sp³-hybridized carbons (Fsp3) is 0.500. The van der Waals surface area contributed by atoms with E-state index in [1.54, 1.807) is 24.2 Å². The van der Waals surface area contributed by atoms with E-state index >= 15 is 0 Å². The maximum Gasteiger partial charge on any atom is 0.321 e. The number of thiazole rings is 1. The Labute approximate surface area is 137 Å². The van der Waals surface area contributed by atoms with Crippen molar-refractivity contribution < 1.29 is 9.21 Å². The van der Waals surface area contributed by atoms with Crippen LogP contribution in [0.3, 0.4) is 0 Å². The maximum atomic E-state index is 11.7. The van der Waals surface area contributed by atoms with Gasteiger partial charge in [-0.05, 0) is 18.8 Å². The molecule has 118 valence electrons. The highest BCUT2D eigenvalue weighted by Crippen LogP contribution is 2.31. The van der Waals surface area contributed by atoms with Crippen molar-refractivity contribution in [2.75, 3.05) is 11.9 Å². The Morgan fingerprint density at radius 3 is 3.05 bits per heavy atom. The van der Waals surface area contributed by atoms with Gasteiger partial charge >= 0.3 is 6.03 Å². The van der Waals surface area contributed by atoms with E-state index in [1.807, 2.05) is 6.92 Å². The zero-order valence-corrected chi connectivity index (χ0v) is 13.9. The first-order valence-electron chi connectivity index (χ1n) is 7.30. The lowest BCUT2D eigenvalue weighted by atomic mass is 10.4. The summed E-state index contributed by atoms with van der Waals surface area (Å²) in [5.74, 6) is 2.94. The molecule has 2 heterocycles. The van der Waals surface area contributed by atoms with Gasteiger partial charge in [0.05, 0.1) is 22.4 Å². The molecule has 0 radical (unpaired) electrons. The van der Waals surface area contributed by atoms with E-state index < -0.39 is 0 Å². The van der Waals surface area contributed by atoms with E-state index in [4.69, 9.17) is 4.42 Å². The number of rotatable bonds is 7. The number of aryl methyl sites for hydroxylation is 1. The molecule has 1 aliphatic carbocycles. The normalized spacial score (nSPS) is 14.0. The van der Waals surface area contributed by atoms with Crippen LogP contribution in [0.5, 0.6) is 0 Å². The molecule has 2 aromatic rings. The zero-order chi connectivity index (χ0) is 15.4. The number of oxazole rings is 1. The van der Waals surface area contributed by atoms with Crippen LogP contribution in [-0.4, -0.2) is 22.5 Å². The first-order valence-corrected chi connectivity index (χ1v) is 9.10. The second-order valence-corrected chi connectivity index (χ2v) is 7.43. The van der Waals surface area contributed by atoms with Gasteiger partial charge in [-0.15, -0.1) is 11.8 Å². The zero-order valence-electron chi connectivity index (χ0n) is 12.3. The van der Waals surface area contributed by atoms with Crippen molar-refractivity contribution in [1.29, 1.82) is 0 Å². The molecule has 2 N–H and O–H groups in total. The number of anilines is 1. The first kappa shape index (κ1) is 15.4. The number of thioether (sulfide) groups is 1. The molecule has 3 rings (SSSR count). The Bertz CT molecular complexity index is 636. The van der Waals surface area contributed by atoms with Gasteiger partial charge in [0.2, 0.25) is 5.89 Å². The van der Waals surface area contributed by atoms with E-state index in [-0.39, 0.29) is 6.03 Å². The quantitative estimate of drug-likeness (QED) is 0.755. The van der Waals surface area contributed by atoms with Gasteiger partial charge in [0.25, 0.3) is 0 Å². The largest absolute Gasteiger partial charge is 0.445 e. The summed E-state index contributed by atoms with van der Waals surface area (Å²) in [6.07, 6.45) is 6.81. The highest BCUT2D eigenvalue weighted by atomic mass is 32.2. The summed E-state index contributed by atoms with van der Waals surface area (Å²) in [6, 6.07) is -0.182. The van der Waals surface area contributed by atoms with Crippen LogP contribution in [-0.2, 0) is 12.2 Å². The Hall–Kier alpha value is -1.54. The average Bonchev–Trinajstić information content (AvgIpc) is 3.05. The number of amides is 2. The summed E-state index contributed by atoms with van der Waals surface area (Å²) >= 11 is 3.05. The highest BCUT2D eigenvalue weighted by Gasteiger charge is 2.21. The number of urea groups is 1. The number of nitrogens with zero attached hydrogens (tertiary/aromatic N) is 2. The van der Waals surface area contributed by atoms with Crippen molar-refractivity contribution in [3.05, 3.63) is 24.0 Å². The molecule has 0 aromatic carbocycles. The van der Waals surface area contributed by atoms with Gasteiger partial charge in [0.15, 0.2) is 5.13 Å². The summed E-state index contributed by atoms with van der Waals surface area (Å²) in [5, 5.41) is 6.22. The molecule has 0 spiro atoms. The van der Waals surface area contributed by atoms with Crippen molar-refractivity contribution in [2.24, 2.45) is 5.92 Å². The van der Waals surface area contributed by atoms with Crippen molar-refractivity contribution in [2.45, 2.75) is 36.1 Å². The molecular weight excluding hydrogens is 320 g/mol. The van der Waals surface area contributed by atoms with Gasteiger partial charge in [-0.25, -0.2) is 14.8 Å². The summed E-state index contributed by atoms with van der Waals surface area (Å²) in [6.45, 7) is 2.79. The molecule has 22 heavy (non-hydrogen) atoms. The van der Waals surface area contributed by atoms with Crippen molar-refractivity contribution in [1.82, 2.24) is 15.3 Å². The van der Waals surface area contributed by atoms with E-state index in [9.17, 15) is 4.79 Å². The number of carbonyl (C=O) groups excluding carboxylic acids is 1. The predicted molar refractivity (Wildman–Crippen MR) is 87.3 cm³/mol. The number of aromatic nitrogens is 2. The molecule has 1 aliphatic rings. The summed E-state index contributed by atoms with van der Waals surface area (Å²) in [4.78, 5) is 20.1. The standard InChI is InChI=1S/C14H18N4O2S2/c1-2-10-6-15-11(20-10)8-21-12-7-17-14(22-12)18-13(19)16-5-9-3-4-9/h6-7,9H,2-5,8H2,1H3,(H2,16,17,18,19). The van der Waals surface area contributed by atoms with Crippen molar-refractivity contribution >= 4 is 34.3 Å². The fourth-order valence-corrected chi connectivity index (χ4v) is 3.52. The molecule has 0 unspecified atom stereocenters. The van der Waals surface area contributed by atoms with Gasteiger partial charge in [0, 0.05) is 13.0 Å². The van der Waals surface area contributed by atoms with Crippen LogP contribution < -0.4 is 10.6 Å². The van der Waals surface area contributed by atoms with Gasteiger partial charge in [0.1, 0.15) is 5.76 Å². The van der Waals surface area contributed by atoms with Crippen molar-refractivity contribution in [3.63, 3.8) is 0 Å². The van der Waals surface area contributed by atoms with Crippen LogP contribution in [0.1, 0.15) is 31.4 Å². The molecule has 2 amide bonds. The molecule has 0 aliphatic heterocycles. The Morgan fingerprint density at radius 2 is 2.32 bits per heavy atom. The monoisotopic (exact) mass is 338 g/mol. The van der Waals surface area contributed by atoms with E-state index in [0.29, 0.717) is 22.7 Å². The van der Waals surface area contributed by atoms with Gasteiger partial charge in [-0.1, -0.05) is 18.3 Å². The summed E-state index contributed by atoms with van der Waals surface area (Å²) < 4.78 is 6.58. The van der Waals surface area contributed by atoms with Crippen LogP contribution in [0.2, 0.25) is 0 Å². The van der Waals surface area contributed by atoms with Crippen LogP contribution in [0.15, 0.2) is 21.0 Å². The molecule has 2 aromatic heterocycles. The third-order valence-corrected chi connectivity index (χ3v) is 5.33. The second kappa shape index (κ2) is 7.15. The van der Waals surface area contributed by atoms with Crippen molar-refractivity contribution in [3.8, 4) is 0 Å². The number of hydrogen-bond acceptors (Lipinski definition) is 6. The topological polar surface area (TPSA) is 80.0 Å². The molecule has 0 atom stereocenters. The number of nitrogens with one attached hydrogen (secondary N) is 2. The van der Waals surface area contributed by atoms with Gasteiger partial charge < -0.3 is 9.73 Å². The molecule has 6 nitrogen and oxygen atoms in total. The average molecular weight is 338 g/mol. The van der Waals surface area contributed by atoms with Crippen LogP contribution >= 0.6 is 23.1 Å². The number of hydrogen-bond donors (Lipinski definition) is 2. The predicted octanol–water partition coefficient (Wildman–Crippen LogP) is 3.52. The minimum Gasteiger partial charge on any atom is -0.445 e. The fourth-order valence-electron chi connectivity index (χ4n) is 1.80. The second-order valence-electron chi connectivity index (χ2n) is 5.13. The molecule has 0 bridgehead atoms. The van der Waals surface area contributed by atoms with Crippen LogP contribution in [0, 0.1) is 5.92 Å². The molecule has 1 fully saturated rings. The Morgan fingerprint density at radius 1 is 1.45 bits per heavy atom. The summed E-state index contributed by atoms with van der Waals surface area (Å²) in [5.41, 5.74) is 0. The van der Waals surface area contributed by atoms with Gasteiger partial charge in [-0.3, -0.25) is 5.32 Å². The maximum absolute atomic E-state index is 11.7. The smallest absolute Gasteiger partial charge is 0.321 e. The minimum atomic E-state index is -0.182. The lowest BCUT2D eigenvalue weighted by Gasteiger charge is -2.03.